The molecule has 168 valence electrons. The van der Waals surface area contributed by atoms with Gasteiger partial charge in [-0.25, -0.2) is 9.97 Å². The van der Waals surface area contributed by atoms with E-state index < -0.39 is 0 Å². The van der Waals surface area contributed by atoms with Crippen LogP contribution in [0.25, 0.3) is 21.5 Å². The summed E-state index contributed by atoms with van der Waals surface area (Å²) in [5.41, 5.74) is 12.2. The number of hydrogen-bond donors (Lipinski definition) is 2. The van der Waals surface area contributed by atoms with Crippen molar-refractivity contribution < 1.29 is 4.74 Å². The van der Waals surface area contributed by atoms with Gasteiger partial charge in [0, 0.05) is 55.0 Å². The standard InChI is InChI=1S/C21H28N10O/c1-3-4-7-24-20-19-17(25-21(26-20)27-29-22)14-31(28-19)13-15-5-6-16(12-18(15)32-2)30-10-8-23-9-11-30/h5-6,12,14,23H,3-4,7-11,13H2,1-2H3,(H,24,25,26). The number of rotatable bonds is 9. The smallest absolute Gasteiger partial charge is 0.219 e. The Labute approximate surface area is 186 Å². The van der Waals surface area contributed by atoms with Crippen molar-refractivity contribution in [1.29, 1.82) is 0 Å². The third kappa shape index (κ3) is 4.84. The molecule has 1 fully saturated rings. The highest BCUT2D eigenvalue weighted by Crippen LogP contribution is 2.28. The van der Waals surface area contributed by atoms with Crippen LogP contribution in [0, 0.1) is 0 Å². The van der Waals surface area contributed by atoms with E-state index in [1.54, 1.807) is 7.11 Å². The highest BCUT2D eigenvalue weighted by Gasteiger charge is 2.15. The minimum Gasteiger partial charge on any atom is -0.496 e. The van der Waals surface area contributed by atoms with Gasteiger partial charge >= 0.3 is 0 Å². The predicted molar refractivity (Wildman–Crippen MR) is 125 cm³/mol. The summed E-state index contributed by atoms with van der Waals surface area (Å²) in [5.74, 6) is 1.48. The number of unbranched alkanes of at least 4 members (excludes halogenated alkanes) is 1. The summed E-state index contributed by atoms with van der Waals surface area (Å²) in [6.07, 6.45) is 3.89. The van der Waals surface area contributed by atoms with E-state index >= 15 is 0 Å². The first-order chi connectivity index (χ1) is 15.7. The molecule has 1 aliphatic rings. The molecule has 4 rings (SSSR count). The summed E-state index contributed by atoms with van der Waals surface area (Å²) >= 11 is 0. The van der Waals surface area contributed by atoms with Gasteiger partial charge in [0.1, 0.15) is 11.3 Å². The summed E-state index contributed by atoms with van der Waals surface area (Å²) in [7, 11) is 1.69. The van der Waals surface area contributed by atoms with Crippen molar-refractivity contribution in [2.45, 2.75) is 26.3 Å². The van der Waals surface area contributed by atoms with Crippen LogP contribution in [0.2, 0.25) is 0 Å². The van der Waals surface area contributed by atoms with Gasteiger partial charge in [-0.05, 0) is 23.1 Å². The van der Waals surface area contributed by atoms with E-state index in [0.29, 0.717) is 23.4 Å². The third-order valence-corrected chi connectivity index (χ3v) is 5.44. The molecular weight excluding hydrogens is 408 g/mol. The van der Waals surface area contributed by atoms with Crippen molar-refractivity contribution in [1.82, 2.24) is 25.1 Å². The van der Waals surface area contributed by atoms with Crippen LogP contribution >= 0.6 is 0 Å². The highest BCUT2D eigenvalue weighted by molar-refractivity contribution is 5.85. The molecule has 0 atom stereocenters. The molecule has 0 aliphatic carbocycles. The molecule has 1 aliphatic heterocycles. The molecule has 11 nitrogen and oxygen atoms in total. The van der Waals surface area contributed by atoms with Crippen LogP contribution in [0.3, 0.4) is 0 Å². The maximum atomic E-state index is 8.79. The number of ether oxygens (including phenoxy) is 1. The fourth-order valence-corrected chi connectivity index (χ4v) is 3.78. The van der Waals surface area contributed by atoms with Gasteiger partial charge in [-0.1, -0.05) is 19.4 Å². The van der Waals surface area contributed by atoms with E-state index in [2.05, 4.69) is 60.7 Å². The van der Waals surface area contributed by atoms with Gasteiger partial charge in [-0.2, -0.15) is 5.10 Å². The second-order valence-corrected chi connectivity index (χ2v) is 7.64. The molecule has 1 saturated heterocycles. The molecule has 0 radical (unpaired) electrons. The first-order valence-electron chi connectivity index (χ1n) is 10.9. The monoisotopic (exact) mass is 436 g/mol. The Morgan fingerprint density at radius 2 is 2.12 bits per heavy atom. The number of nitrogens with one attached hydrogen (secondary N) is 2. The van der Waals surface area contributed by atoms with Crippen LogP contribution in [0.1, 0.15) is 25.3 Å². The van der Waals surface area contributed by atoms with Gasteiger partial charge in [0.05, 0.1) is 19.9 Å². The molecule has 0 amide bonds. The number of aromatic nitrogens is 4. The van der Waals surface area contributed by atoms with Gasteiger partial charge in [0.15, 0.2) is 11.3 Å². The summed E-state index contributed by atoms with van der Waals surface area (Å²) in [5, 5.41) is 14.9. The summed E-state index contributed by atoms with van der Waals surface area (Å²) in [6.45, 7) is 7.33. The third-order valence-electron chi connectivity index (χ3n) is 5.44. The lowest BCUT2D eigenvalue weighted by Crippen LogP contribution is -2.43. The Balaban J connectivity index is 1.62. The van der Waals surface area contributed by atoms with Gasteiger partial charge in [0.25, 0.3) is 0 Å². The molecule has 0 bridgehead atoms. The van der Waals surface area contributed by atoms with Gasteiger partial charge in [0.2, 0.25) is 5.95 Å². The number of piperazine rings is 1. The second kappa shape index (κ2) is 10.2. The Hall–Kier alpha value is -3.56. The molecule has 32 heavy (non-hydrogen) atoms. The number of benzene rings is 1. The molecule has 2 N–H and O–H groups in total. The average Bonchev–Trinajstić information content (AvgIpc) is 3.23. The van der Waals surface area contributed by atoms with E-state index in [9.17, 15) is 0 Å². The molecule has 3 aromatic rings. The quantitative estimate of drug-likeness (QED) is 0.227. The maximum absolute atomic E-state index is 8.79. The van der Waals surface area contributed by atoms with Crippen LogP contribution in [0.4, 0.5) is 17.5 Å². The number of azide groups is 1. The normalized spacial score (nSPS) is 13.8. The number of anilines is 2. The first-order valence-corrected chi connectivity index (χ1v) is 10.9. The SMILES string of the molecule is CCCCNc1nc(N=[N+]=[N-])nc2cn(Cc3ccc(N4CCNCC4)cc3OC)nc12. The minimum absolute atomic E-state index is 0.0801. The topological polar surface area (TPSA) is 129 Å². The molecule has 0 unspecified atom stereocenters. The van der Waals surface area contributed by atoms with Crippen molar-refractivity contribution >= 4 is 28.5 Å². The van der Waals surface area contributed by atoms with E-state index in [4.69, 9.17) is 15.4 Å². The number of fused-ring (bicyclic) bond motifs is 1. The van der Waals surface area contributed by atoms with Gasteiger partial charge in [-0.3, -0.25) is 4.68 Å². The molecule has 2 aromatic heterocycles. The van der Waals surface area contributed by atoms with E-state index in [1.807, 2.05) is 10.9 Å². The molecule has 0 saturated carbocycles. The number of nitrogens with zero attached hydrogens (tertiary/aromatic N) is 8. The Morgan fingerprint density at radius 3 is 2.88 bits per heavy atom. The Morgan fingerprint density at radius 1 is 1.28 bits per heavy atom. The zero-order valence-electron chi connectivity index (χ0n) is 18.5. The highest BCUT2D eigenvalue weighted by atomic mass is 16.5. The summed E-state index contributed by atoms with van der Waals surface area (Å²) < 4.78 is 7.50. The average molecular weight is 437 g/mol. The van der Waals surface area contributed by atoms with Crippen LogP contribution < -0.4 is 20.3 Å². The zero-order chi connectivity index (χ0) is 22.3. The molecular formula is C21H28N10O. The minimum atomic E-state index is 0.0801. The van der Waals surface area contributed by atoms with Crippen molar-refractivity contribution in [3.8, 4) is 5.75 Å². The first kappa shape index (κ1) is 21.7. The molecule has 0 spiro atoms. The van der Waals surface area contributed by atoms with E-state index in [-0.39, 0.29) is 5.95 Å². The zero-order valence-corrected chi connectivity index (χ0v) is 18.5. The fourth-order valence-electron chi connectivity index (χ4n) is 3.78. The lowest BCUT2D eigenvalue weighted by Gasteiger charge is -2.30. The Kier molecular flexibility index (Phi) is 6.88. The van der Waals surface area contributed by atoms with Crippen LogP contribution in [-0.4, -0.2) is 59.6 Å². The van der Waals surface area contributed by atoms with Gasteiger partial charge < -0.3 is 20.3 Å². The lowest BCUT2D eigenvalue weighted by molar-refractivity contribution is 0.407. The van der Waals surface area contributed by atoms with Crippen LogP contribution in [0.5, 0.6) is 5.75 Å². The second-order valence-electron chi connectivity index (χ2n) is 7.64. The summed E-state index contributed by atoms with van der Waals surface area (Å²) in [6, 6.07) is 6.30. The number of hydrogen-bond acceptors (Lipinski definition) is 8. The molecule has 11 heteroatoms. The fraction of sp³-hybridized carbons (Fsp3) is 0.476. The van der Waals surface area contributed by atoms with Crippen molar-refractivity contribution in [2.24, 2.45) is 5.11 Å². The van der Waals surface area contributed by atoms with Crippen molar-refractivity contribution in [3.05, 3.63) is 40.4 Å². The molecule has 3 heterocycles. The maximum Gasteiger partial charge on any atom is 0.219 e. The Bertz CT molecular complexity index is 1120. The van der Waals surface area contributed by atoms with Gasteiger partial charge in [-0.15, -0.1) is 0 Å². The number of methoxy groups -OCH3 is 1. The lowest BCUT2D eigenvalue weighted by atomic mass is 10.1. The van der Waals surface area contributed by atoms with E-state index in [1.165, 1.54) is 0 Å². The van der Waals surface area contributed by atoms with Crippen LogP contribution in [-0.2, 0) is 6.54 Å². The van der Waals surface area contributed by atoms with Crippen molar-refractivity contribution in [3.63, 3.8) is 0 Å². The largest absolute Gasteiger partial charge is 0.496 e. The van der Waals surface area contributed by atoms with Crippen molar-refractivity contribution in [2.75, 3.05) is 50.1 Å². The molecule has 1 aromatic carbocycles. The van der Waals surface area contributed by atoms with E-state index in [0.717, 1.165) is 62.6 Å². The summed E-state index contributed by atoms with van der Waals surface area (Å²) in [4.78, 5) is 13.8. The van der Waals surface area contributed by atoms with Crippen LogP contribution in [0.15, 0.2) is 29.5 Å². The predicted octanol–water partition coefficient (Wildman–Crippen LogP) is 3.45.